The van der Waals surface area contributed by atoms with Crippen molar-refractivity contribution in [2.75, 3.05) is 6.54 Å². The monoisotopic (exact) mass is 374 g/mol. The molecule has 0 saturated heterocycles. The highest BCUT2D eigenvalue weighted by molar-refractivity contribution is 5.73. The van der Waals surface area contributed by atoms with Crippen LogP contribution in [0.4, 0.5) is 4.79 Å². The molecule has 0 radical (unpaired) electrons. The third kappa shape index (κ3) is 4.56. The maximum atomic E-state index is 12.0. The molecule has 0 saturated carbocycles. The molecule has 7 heteroatoms. The van der Waals surface area contributed by atoms with Gasteiger partial charge in [0.25, 0.3) is 0 Å². The maximum absolute atomic E-state index is 12.0. The molecular weight excluding hydrogens is 352 g/mol. The van der Waals surface area contributed by atoms with E-state index in [0.717, 1.165) is 23.4 Å². The Bertz CT molecular complexity index is 1000. The summed E-state index contributed by atoms with van der Waals surface area (Å²) in [5, 5.41) is 9.96. The average Bonchev–Trinajstić information content (AvgIpc) is 3.36. The third-order valence-corrected chi connectivity index (χ3v) is 4.46. The minimum atomic E-state index is -0.176. The molecule has 0 atom stereocenters. The largest absolute Gasteiger partial charge is 0.338 e. The average molecular weight is 374 g/mol. The molecule has 4 aromatic rings. The lowest BCUT2D eigenvalue weighted by Crippen LogP contribution is -2.36. The van der Waals surface area contributed by atoms with E-state index in [-0.39, 0.29) is 6.03 Å². The second-order valence-electron chi connectivity index (χ2n) is 6.58. The van der Waals surface area contributed by atoms with Crippen LogP contribution in [-0.2, 0) is 19.5 Å². The van der Waals surface area contributed by atoms with Crippen molar-refractivity contribution < 1.29 is 4.79 Å². The molecule has 4 rings (SSSR count). The van der Waals surface area contributed by atoms with Crippen LogP contribution >= 0.6 is 0 Å². The molecule has 0 unspecified atom stereocenters. The van der Waals surface area contributed by atoms with Crippen molar-refractivity contribution in [1.29, 1.82) is 0 Å². The number of carbonyl (C=O) groups excluding carboxylic acids is 1. The number of urea groups is 1. The van der Waals surface area contributed by atoms with Crippen molar-refractivity contribution in [3.63, 3.8) is 0 Å². The summed E-state index contributed by atoms with van der Waals surface area (Å²) in [5.74, 6) is 0. The van der Waals surface area contributed by atoms with Crippen molar-refractivity contribution >= 4 is 11.7 Å². The SMILES string of the molecule is O=C(NCCc1cn2ccccc2n1)NCc1ccc(Cn2cccn2)cc1. The number of nitrogens with one attached hydrogen (secondary N) is 2. The molecule has 1 aromatic carbocycles. The Kier molecular flexibility index (Phi) is 5.33. The van der Waals surface area contributed by atoms with Crippen LogP contribution in [0.5, 0.6) is 0 Å². The van der Waals surface area contributed by atoms with Gasteiger partial charge in [0.1, 0.15) is 5.65 Å². The van der Waals surface area contributed by atoms with Crippen molar-refractivity contribution in [3.05, 3.63) is 90.1 Å². The molecule has 0 aliphatic carbocycles. The summed E-state index contributed by atoms with van der Waals surface area (Å²) in [4.78, 5) is 16.5. The number of amides is 2. The molecular formula is C21H22N6O. The molecule has 0 aliphatic heterocycles. The van der Waals surface area contributed by atoms with Crippen LogP contribution in [0.2, 0.25) is 0 Å². The third-order valence-electron chi connectivity index (χ3n) is 4.46. The van der Waals surface area contributed by atoms with E-state index in [2.05, 4.69) is 32.8 Å². The number of hydrogen-bond donors (Lipinski definition) is 2. The van der Waals surface area contributed by atoms with E-state index in [9.17, 15) is 4.79 Å². The first kappa shape index (κ1) is 17.8. The lowest BCUT2D eigenvalue weighted by Gasteiger charge is -2.08. The molecule has 28 heavy (non-hydrogen) atoms. The zero-order chi connectivity index (χ0) is 19.2. The van der Waals surface area contributed by atoms with Crippen LogP contribution in [0.3, 0.4) is 0 Å². The number of pyridine rings is 1. The molecule has 3 heterocycles. The van der Waals surface area contributed by atoms with Crippen LogP contribution in [-0.4, -0.2) is 31.7 Å². The van der Waals surface area contributed by atoms with Gasteiger partial charge in [-0.3, -0.25) is 4.68 Å². The fourth-order valence-corrected chi connectivity index (χ4v) is 3.00. The number of nitrogens with zero attached hydrogens (tertiary/aromatic N) is 4. The summed E-state index contributed by atoms with van der Waals surface area (Å²) in [6.07, 6.45) is 8.35. The first-order valence-corrected chi connectivity index (χ1v) is 9.26. The van der Waals surface area contributed by atoms with Crippen molar-refractivity contribution in [1.82, 2.24) is 29.8 Å². The quantitative estimate of drug-likeness (QED) is 0.522. The van der Waals surface area contributed by atoms with Gasteiger partial charge in [-0.25, -0.2) is 9.78 Å². The highest BCUT2D eigenvalue weighted by Crippen LogP contribution is 2.06. The molecule has 0 aliphatic rings. The number of fused-ring (bicyclic) bond motifs is 1. The van der Waals surface area contributed by atoms with Gasteiger partial charge in [-0.15, -0.1) is 0 Å². The number of imidazole rings is 1. The molecule has 142 valence electrons. The van der Waals surface area contributed by atoms with Gasteiger partial charge in [0.05, 0.1) is 12.2 Å². The Balaban J connectivity index is 1.19. The van der Waals surface area contributed by atoms with Gasteiger partial charge in [-0.1, -0.05) is 30.3 Å². The molecule has 3 aromatic heterocycles. The number of aromatic nitrogens is 4. The fraction of sp³-hybridized carbons (Fsp3) is 0.190. The van der Waals surface area contributed by atoms with Gasteiger partial charge >= 0.3 is 6.03 Å². The lowest BCUT2D eigenvalue weighted by molar-refractivity contribution is 0.240. The summed E-state index contributed by atoms with van der Waals surface area (Å²) in [7, 11) is 0. The van der Waals surface area contributed by atoms with Gasteiger partial charge in [0.2, 0.25) is 0 Å². The van der Waals surface area contributed by atoms with Crippen molar-refractivity contribution in [2.45, 2.75) is 19.5 Å². The Labute approximate surface area is 163 Å². The maximum Gasteiger partial charge on any atom is 0.315 e. The highest BCUT2D eigenvalue weighted by Gasteiger charge is 2.04. The van der Waals surface area contributed by atoms with Crippen LogP contribution in [0.15, 0.2) is 73.3 Å². The van der Waals surface area contributed by atoms with E-state index in [4.69, 9.17) is 0 Å². The second-order valence-corrected chi connectivity index (χ2v) is 6.58. The Morgan fingerprint density at radius 2 is 1.82 bits per heavy atom. The number of hydrogen-bond acceptors (Lipinski definition) is 3. The van der Waals surface area contributed by atoms with Crippen LogP contribution in [0.1, 0.15) is 16.8 Å². The predicted molar refractivity (Wildman–Crippen MR) is 107 cm³/mol. The number of rotatable bonds is 7. The number of benzene rings is 1. The molecule has 0 spiro atoms. The summed E-state index contributed by atoms with van der Waals surface area (Å²) in [6.45, 7) is 1.77. The second kappa shape index (κ2) is 8.39. The minimum absolute atomic E-state index is 0.176. The number of carbonyl (C=O) groups is 1. The lowest BCUT2D eigenvalue weighted by atomic mass is 10.1. The van der Waals surface area contributed by atoms with Gasteiger partial charge < -0.3 is 15.0 Å². The Hall–Kier alpha value is -3.61. The van der Waals surface area contributed by atoms with Crippen molar-refractivity contribution in [2.24, 2.45) is 0 Å². The summed E-state index contributed by atoms with van der Waals surface area (Å²) in [5.41, 5.74) is 4.10. The smallest absolute Gasteiger partial charge is 0.315 e. The van der Waals surface area contributed by atoms with Gasteiger partial charge in [-0.2, -0.15) is 5.10 Å². The first-order valence-electron chi connectivity index (χ1n) is 9.26. The molecule has 2 amide bonds. The topological polar surface area (TPSA) is 76.2 Å². The predicted octanol–water partition coefficient (Wildman–Crippen LogP) is 2.62. The van der Waals surface area contributed by atoms with Gasteiger partial charge in [0.15, 0.2) is 0 Å². The zero-order valence-electron chi connectivity index (χ0n) is 15.5. The highest BCUT2D eigenvalue weighted by atomic mass is 16.2. The van der Waals surface area contributed by atoms with E-state index >= 15 is 0 Å². The molecule has 0 fully saturated rings. The zero-order valence-corrected chi connectivity index (χ0v) is 15.5. The van der Waals surface area contributed by atoms with Gasteiger partial charge in [-0.05, 0) is 29.3 Å². The normalized spacial score (nSPS) is 10.9. The van der Waals surface area contributed by atoms with E-state index < -0.39 is 0 Å². The summed E-state index contributed by atoms with van der Waals surface area (Å²) in [6, 6.07) is 15.8. The first-order chi connectivity index (χ1) is 13.8. The van der Waals surface area contributed by atoms with E-state index in [1.54, 1.807) is 6.20 Å². The summed E-state index contributed by atoms with van der Waals surface area (Å²) < 4.78 is 3.86. The Morgan fingerprint density at radius 1 is 0.964 bits per heavy atom. The minimum Gasteiger partial charge on any atom is -0.338 e. The fourth-order valence-electron chi connectivity index (χ4n) is 3.00. The van der Waals surface area contributed by atoms with E-state index in [1.807, 2.05) is 64.1 Å². The Morgan fingerprint density at radius 3 is 2.61 bits per heavy atom. The van der Waals surface area contributed by atoms with Crippen molar-refractivity contribution in [3.8, 4) is 0 Å². The van der Waals surface area contributed by atoms with E-state index in [1.165, 1.54) is 5.56 Å². The molecule has 0 bridgehead atoms. The van der Waals surface area contributed by atoms with Crippen LogP contribution < -0.4 is 10.6 Å². The standard InChI is InChI=1S/C21H22N6O/c28-21(22-11-9-19-16-26-12-2-1-4-20(26)25-19)23-14-17-5-7-18(8-6-17)15-27-13-3-10-24-27/h1-8,10,12-13,16H,9,11,14-15H2,(H2,22,23,28). The van der Waals surface area contributed by atoms with Crippen LogP contribution in [0.25, 0.3) is 5.65 Å². The van der Waals surface area contributed by atoms with Gasteiger partial charge in [0, 0.05) is 44.3 Å². The molecule has 7 nitrogen and oxygen atoms in total. The molecule has 2 N–H and O–H groups in total. The van der Waals surface area contributed by atoms with Crippen LogP contribution in [0, 0.1) is 0 Å². The van der Waals surface area contributed by atoms with E-state index in [0.29, 0.717) is 19.5 Å². The summed E-state index contributed by atoms with van der Waals surface area (Å²) >= 11 is 0.